The maximum atomic E-state index is 12.3. The summed E-state index contributed by atoms with van der Waals surface area (Å²) in [4.78, 5) is 24.4. The van der Waals surface area contributed by atoms with Gasteiger partial charge in [-0.25, -0.2) is 0 Å². The molecule has 1 fully saturated rings. The van der Waals surface area contributed by atoms with Crippen molar-refractivity contribution in [2.24, 2.45) is 0 Å². The molecule has 0 unspecified atom stereocenters. The van der Waals surface area contributed by atoms with E-state index in [0.717, 1.165) is 36.8 Å². The summed E-state index contributed by atoms with van der Waals surface area (Å²) >= 11 is 0. The van der Waals surface area contributed by atoms with E-state index < -0.39 is 0 Å². The van der Waals surface area contributed by atoms with Crippen molar-refractivity contribution in [2.75, 3.05) is 7.11 Å². The molecule has 2 N–H and O–H groups in total. The van der Waals surface area contributed by atoms with Crippen LogP contribution in [0.4, 0.5) is 0 Å². The molecule has 0 aliphatic heterocycles. The molecule has 3 rings (SSSR count). The zero-order valence-corrected chi connectivity index (χ0v) is 16.6. The topological polar surface area (TPSA) is 84.9 Å². The zero-order chi connectivity index (χ0) is 20.6. The number of benzene rings is 2. The molecular weight excluding hydrogens is 370 g/mol. The summed E-state index contributed by atoms with van der Waals surface area (Å²) in [6.45, 7) is 0. The smallest absolute Gasteiger partial charge is 0.310 e. The van der Waals surface area contributed by atoms with Crippen molar-refractivity contribution in [3.63, 3.8) is 0 Å². The normalized spacial score (nSPS) is 18.7. The lowest BCUT2D eigenvalue weighted by Gasteiger charge is -2.29. The van der Waals surface area contributed by atoms with Gasteiger partial charge in [-0.05, 0) is 48.9 Å². The molecule has 2 aromatic rings. The van der Waals surface area contributed by atoms with Gasteiger partial charge in [0.25, 0.3) is 0 Å². The SMILES string of the molecule is COc1cc(CC(=O)NC2CCC(OC(=O)Cc3ccccc3)CC2)ccc1O. The van der Waals surface area contributed by atoms with Crippen LogP contribution in [0.5, 0.6) is 11.5 Å². The number of carbonyl (C=O) groups excluding carboxylic acids is 2. The Labute approximate surface area is 170 Å². The molecule has 154 valence electrons. The first-order chi connectivity index (χ1) is 14.0. The average Bonchev–Trinajstić information content (AvgIpc) is 2.71. The van der Waals surface area contributed by atoms with Gasteiger partial charge in [-0.15, -0.1) is 0 Å². The van der Waals surface area contributed by atoms with Crippen LogP contribution in [0, 0.1) is 0 Å². The fourth-order valence-electron chi connectivity index (χ4n) is 3.61. The van der Waals surface area contributed by atoms with Gasteiger partial charge >= 0.3 is 5.97 Å². The first-order valence-electron chi connectivity index (χ1n) is 9.92. The van der Waals surface area contributed by atoms with Crippen LogP contribution in [0.2, 0.25) is 0 Å². The van der Waals surface area contributed by atoms with E-state index in [1.807, 2.05) is 30.3 Å². The van der Waals surface area contributed by atoms with E-state index in [1.165, 1.54) is 13.2 Å². The Morgan fingerprint density at radius 3 is 2.41 bits per heavy atom. The third kappa shape index (κ3) is 6.24. The van der Waals surface area contributed by atoms with E-state index in [-0.39, 0.29) is 42.6 Å². The Morgan fingerprint density at radius 2 is 1.72 bits per heavy atom. The van der Waals surface area contributed by atoms with Gasteiger partial charge < -0.3 is 19.9 Å². The third-order valence-electron chi connectivity index (χ3n) is 5.14. The highest BCUT2D eigenvalue weighted by Crippen LogP contribution is 2.26. The van der Waals surface area contributed by atoms with Crippen LogP contribution in [0.3, 0.4) is 0 Å². The van der Waals surface area contributed by atoms with Crippen LogP contribution in [0.15, 0.2) is 48.5 Å². The number of nitrogens with one attached hydrogen (secondary N) is 1. The van der Waals surface area contributed by atoms with Gasteiger partial charge in [0.2, 0.25) is 5.91 Å². The Hall–Kier alpha value is -3.02. The van der Waals surface area contributed by atoms with Crippen LogP contribution in [0.25, 0.3) is 0 Å². The molecule has 1 aliphatic rings. The van der Waals surface area contributed by atoms with Gasteiger partial charge in [-0.1, -0.05) is 36.4 Å². The van der Waals surface area contributed by atoms with Crippen LogP contribution >= 0.6 is 0 Å². The quantitative estimate of drug-likeness (QED) is 0.701. The molecule has 0 aromatic heterocycles. The third-order valence-corrected chi connectivity index (χ3v) is 5.14. The van der Waals surface area contributed by atoms with Gasteiger partial charge in [0.1, 0.15) is 6.10 Å². The number of amides is 1. The second-order valence-electron chi connectivity index (χ2n) is 7.38. The lowest BCUT2D eigenvalue weighted by atomic mass is 9.92. The first kappa shape index (κ1) is 20.7. The van der Waals surface area contributed by atoms with Crippen molar-refractivity contribution in [3.8, 4) is 11.5 Å². The van der Waals surface area contributed by atoms with Crippen LogP contribution in [-0.2, 0) is 27.2 Å². The number of methoxy groups -OCH3 is 1. The van der Waals surface area contributed by atoms with Crippen LogP contribution in [-0.4, -0.2) is 36.2 Å². The molecule has 0 radical (unpaired) electrons. The van der Waals surface area contributed by atoms with Crippen molar-refractivity contribution < 1.29 is 24.2 Å². The maximum absolute atomic E-state index is 12.3. The lowest BCUT2D eigenvalue weighted by molar-refractivity contribution is -0.150. The summed E-state index contributed by atoms with van der Waals surface area (Å²) in [7, 11) is 1.48. The molecule has 1 aliphatic carbocycles. The highest BCUT2D eigenvalue weighted by Gasteiger charge is 2.25. The number of rotatable bonds is 7. The van der Waals surface area contributed by atoms with E-state index >= 15 is 0 Å². The van der Waals surface area contributed by atoms with E-state index in [4.69, 9.17) is 9.47 Å². The molecule has 0 saturated heterocycles. The van der Waals surface area contributed by atoms with Gasteiger partial charge in [-0.2, -0.15) is 0 Å². The molecule has 1 amide bonds. The molecule has 2 aromatic carbocycles. The standard InChI is InChI=1S/C23H27NO5/c1-28-21-13-17(7-12-20(21)25)14-22(26)24-18-8-10-19(11-9-18)29-23(27)15-16-5-3-2-4-6-16/h2-7,12-13,18-19,25H,8-11,14-15H2,1H3,(H,24,26). The fourth-order valence-corrected chi connectivity index (χ4v) is 3.61. The summed E-state index contributed by atoms with van der Waals surface area (Å²) in [6.07, 6.45) is 3.50. The molecular formula is C23H27NO5. The van der Waals surface area contributed by atoms with Gasteiger partial charge in [-0.3, -0.25) is 9.59 Å². The number of hydrogen-bond acceptors (Lipinski definition) is 5. The van der Waals surface area contributed by atoms with Crippen LogP contribution in [0.1, 0.15) is 36.8 Å². The number of carbonyl (C=O) groups is 2. The lowest BCUT2D eigenvalue weighted by Crippen LogP contribution is -2.40. The van der Waals surface area contributed by atoms with E-state index in [2.05, 4.69) is 5.32 Å². The minimum atomic E-state index is -0.204. The Morgan fingerprint density at radius 1 is 1.00 bits per heavy atom. The van der Waals surface area contributed by atoms with Crippen molar-refractivity contribution >= 4 is 11.9 Å². The number of phenols is 1. The maximum Gasteiger partial charge on any atom is 0.310 e. The molecule has 1 saturated carbocycles. The zero-order valence-electron chi connectivity index (χ0n) is 16.6. The van der Waals surface area contributed by atoms with Gasteiger partial charge in [0.15, 0.2) is 11.5 Å². The van der Waals surface area contributed by atoms with Crippen molar-refractivity contribution in [1.82, 2.24) is 5.32 Å². The van der Waals surface area contributed by atoms with Crippen molar-refractivity contribution in [3.05, 3.63) is 59.7 Å². The first-order valence-corrected chi connectivity index (χ1v) is 9.92. The van der Waals surface area contributed by atoms with Gasteiger partial charge in [0.05, 0.1) is 20.0 Å². The van der Waals surface area contributed by atoms with E-state index in [0.29, 0.717) is 5.75 Å². The predicted octanol–water partition coefficient (Wildman–Crippen LogP) is 3.16. The summed E-state index contributed by atoms with van der Waals surface area (Å²) in [5, 5.41) is 12.7. The molecule has 29 heavy (non-hydrogen) atoms. The summed E-state index contributed by atoms with van der Waals surface area (Å²) in [5.41, 5.74) is 1.73. The second-order valence-corrected chi connectivity index (χ2v) is 7.38. The number of phenolic OH excluding ortho intramolecular Hbond substituents is 1. The van der Waals surface area contributed by atoms with Crippen molar-refractivity contribution in [1.29, 1.82) is 0 Å². The molecule has 0 bridgehead atoms. The Kier molecular flexibility index (Phi) is 7.11. The molecule has 0 atom stereocenters. The fraction of sp³-hybridized carbons (Fsp3) is 0.391. The number of esters is 1. The minimum Gasteiger partial charge on any atom is -0.504 e. The molecule has 0 heterocycles. The van der Waals surface area contributed by atoms with E-state index in [1.54, 1.807) is 12.1 Å². The minimum absolute atomic E-state index is 0.0526. The number of aromatic hydroxyl groups is 1. The van der Waals surface area contributed by atoms with Crippen LogP contribution < -0.4 is 10.1 Å². The Bertz CT molecular complexity index is 828. The monoisotopic (exact) mass is 397 g/mol. The molecule has 6 nitrogen and oxygen atoms in total. The van der Waals surface area contributed by atoms with E-state index in [9.17, 15) is 14.7 Å². The summed E-state index contributed by atoms with van der Waals surface area (Å²) in [5.74, 6) is 0.136. The van der Waals surface area contributed by atoms with Gasteiger partial charge in [0, 0.05) is 6.04 Å². The molecule has 0 spiro atoms. The largest absolute Gasteiger partial charge is 0.504 e. The highest BCUT2D eigenvalue weighted by atomic mass is 16.5. The Balaban J connectivity index is 1.40. The highest BCUT2D eigenvalue weighted by molar-refractivity contribution is 5.79. The average molecular weight is 397 g/mol. The predicted molar refractivity (Wildman–Crippen MR) is 109 cm³/mol. The van der Waals surface area contributed by atoms with Crippen molar-refractivity contribution in [2.45, 2.75) is 50.7 Å². The summed E-state index contributed by atoms with van der Waals surface area (Å²) < 4.78 is 10.7. The molecule has 6 heteroatoms. The second kappa shape index (κ2) is 9.96. The summed E-state index contributed by atoms with van der Waals surface area (Å²) in [6, 6.07) is 14.5. The number of ether oxygens (including phenoxy) is 2. The number of hydrogen-bond donors (Lipinski definition) is 2.